The van der Waals surface area contributed by atoms with Gasteiger partial charge in [-0.3, -0.25) is 0 Å². The molecule has 0 aromatic heterocycles. The Balaban J connectivity index is 2.30. The molecule has 3 heteroatoms. The second-order valence-electron chi connectivity index (χ2n) is 4.21. The number of hydrogen-bond acceptors (Lipinski definition) is 3. The zero-order valence-electron chi connectivity index (χ0n) is 10.6. The van der Waals surface area contributed by atoms with Crippen molar-refractivity contribution < 1.29 is 5.11 Å². The lowest BCUT2D eigenvalue weighted by Crippen LogP contribution is -2.12. The molecule has 0 fully saturated rings. The van der Waals surface area contributed by atoms with Gasteiger partial charge < -0.3 is 10.8 Å². The van der Waals surface area contributed by atoms with E-state index in [1.165, 1.54) is 0 Å². The van der Waals surface area contributed by atoms with Crippen LogP contribution in [0.3, 0.4) is 0 Å². The minimum Gasteiger partial charge on any atom is -0.398 e. The van der Waals surface area contributed by atoms with Crippen LogP contribution in [0, 0.1) is 0 Å². The van der Waals surface area contributed by atoms with Gasteiger partial charge in [0.15, 0.2) is 0 Å². The van der Waals surface area contributed by atoms with E-state index in [0.717, 1.165) is 16.1 Å². The number of anilines is 1. The molecule has 0 saturated carbocycles. The van der Waals surface area contributed by atoms with E-state index in [1.54, 1.807) is 17.8 Å². The van der Waals surface area contributed by atoms with E-state index in [-0.39, 0.29) is 5.25 Å². The Hall–Kier alpha value is -1.71. The van der Waals surface area contributed by atoms with E-state index in [2.05, 4.69) is 6.58 Å². The molecule has 0 aliphatic heterocycles. The van der Waals surface area contributed by atoms with Crippen molar-refractivity contribution in [3.05, 3.63) is 72.8 Å². The van der Waals surface area contributed by atoms with Crippen LogP contribution in [-0.4, -0.2) is 11.2 Å². The van der Waals surface area contributed by atoms with Gasteiger partial charge in [-0.15, -0.1) is 18.3 Å². The van der Waals surface area contributed by atoms with Crippen LogP contribution >= 0.6 is 11.8 Å². The molecule has 2 nitrogen and oxygen atoms in total. The van der Waals surface area contributed by atoms with Gasteiger partial charge in [0.05, 0.1) is 11.4 Å². The summed E-state index contributed by atoms with van der Waals surface area (Å²) in [5.41, 5.74) is 7.75. The first-order chi connectivity index (χ1) is 9.22. The predicted octanol–water partition coefficient (Wildman–Crippen LogP) is 3.65. The molecule has 2 atom stereocenters. The summed E-state index contributed by atoms with van der Waals surface area (Å²) in [6.07, 6.45) is 0.941. The van der Waals surface area contributed by atoms with Gasteiger partial charge in [0.25, 0.3) is 0 Å². The molecular weight excluding hydrogens is 254 g/mol. The van der Waals surface area contributed by atoms with E-state index in [0.29, 0.717) is 0 Å². The highest BCUT2D eigenvalue weighted by Crippen LogP contribution is 2.40. The van der Waals surface area contributed by atoms with Gasteiger partial charge in [-0.2, -0.15) is 0 Å². The van der Waals surface area contributed by atoms with Crippen LogP contribution < -0.4 is 5.73 Å². The summed E-state index contributed by atoms with van der Waals surface area (Å²) in [6, 6.07) is 17.6. The van der Waals surface area contributed by atoms with Gasteiger partial charge in [-0.1, -0.05) is 48.5 Å². The molecule has 19 heavy (non-hydrogen) atoms. The first kappa shape index (κ1) is 13.7. The summed E-state index contributed by atoms with van der Waals surface area (Å²) in [7, 11) is 0. The molecule has 0 aliphatic rings. The maximum absolute atomic E-state index is 10.1. The molecule has 0 radical (unpaired) electrons. The Bertz CT molecular complexity index is 541. The largest absolute Gasteiger partial charge is 0.398 e. The molecular formula is C16H17NOS. The number of aliphatic hydroxyl groups is 1. The van der Waals surface area contributed by atoms with E-state index >= 15 is 0 Å². The van der Waals surface area contributed by atoms with Crippen molar-refractivity contribution in [1.29, 1.82) is 0 Å². The predicted molar refractivity (Wildman–Crippen MR) is 82.1 cm³/mol. The fourth-order valence-electron chi connectivity index (χ4n) is 1.83. The fourth-order valence-corrected chi connectivity index (χ4v) is 3.00. The van der Waals surface area contributed by atoms with E-state index in [9.17, 15) is 5.11 Å². The normalized spacial score (nSPS) is 13.7. The van der Waals surface area contributed by atoms with Gasteiger partial charge in [0.1, 0.15) is 0 Å². The standard InChI is InChI=1S/C16H17NOS/c1-2-14(18)16(12-8-4-3-5-9-12)19-15-11-7-6-10-13(15)17/h2-11,14,16,18H,1,17H2. The molecule has 2 rings (SSSR count). The van der Waals surface area contributed by atoms with Gasteiger partial charge >= 0.3 is 0 Å². The van der Waals surface area contributed by atoms with Crippen LogP contribution in [0.1, 0.15) is 10.8 Å². The molecule has 0 aliphatic carbocycles. The molecule has 0 spiro atoms. The molecule has 98 valence electrons. The minimum absolute atomic E-state index is 0.108. The van der Waals surface area contributed by atoms with Crippen molar-refractivity contribution in [3.8, 4) is 0 Å². The molecule has 2 aromatic rings. The van der Waals surface area contributed by atoms with Gasteiger partial charge in [0, 0.05) is 10.6 Å². The number of benzene rings is 2. The van der Waals surface area contributed by atoms with Crippen molar-refractivity contribution in [3.63, 3.8) is 0 Å². The summed E-state index contributed by atoms with van der Waals surface area (Å²) in [6.45, 7) is 3.68. The van der Waals surface area contributed by atoms with Crippen molar-refractivity contribution in [2.24, 2.45) is 0 Å². The SMILES string of the molecule is C=CC(O)C(Sc1ccccc1N)c1ccccc1. The number of hydrogen-bond donors (Lipinski definition) is 2. The summed E-state index contributed by atoms with van der Waals surface area (Å²) in [5, 5.41) is 10.0. The molecule has 0 heterocycles. The number of nitrogens with two attached hydrogens (primary N) is 1. The van der Waals surface area contributed by atoms with Crippen LogP contribution in [0.5, 0.6) is 0 Å². The van der Waals surface area contributed by atoms with E-state index < -0.39 is 6.10 Å². The lowest BCUT2D eigenvalue weighted by molar-refractivity contribution is 0.221. The highest BCUT2D eigenvalue weighted by atomic mass is 32.2. The zero-order chi connectivity index (χ0) is 13.7. The number of rotatable bonds is 5. The molecule has 3 N–H and O–H groups in total. The molecule has 0 saturated heterocycles. The molecule has 0 amide bonds. The highest BCUT2D eigenvalue weighted by molar-refractivity contribution is 7.99. The van der Waals surface area contributed by atoms with Gasteiger partial charge in [-0.25, -0.2) is 0 Å². The zero-order valence-corrected chi connectivity index (χ0v) is 11.4. The quantitative estimate of drug-likeness (QED) is 0.496. The monoisotopic (exact) mass is 271 g/mol. The number of para-hydroxylation sites is 1. The molecule has 0 bridgehead atoms. The topological polar surface area (TPSA) is 46.2 Å². The summed E-state index contributed by atoms with van der Waals surface area (Å²) < 4.78 is 0. The van der Waals surface area contributed by atoms with Crippen LogP contribution in [0.15, 0.2) is 72.1 Å². The minimum atomic E-state index is -0.619. The smallest absolute Gasteiger partial charge is 0.0881 e. The van der Waals surface area contributed by atoms with E-state index in [1.807, 2.05) is 54.6 Å². The third-order valence-electron chi connectivity index (χ3n) is 2.85. The van der Waals surface area contributed by atoms with Crippen molar-refractivity contribution in [2.45, 2.75) is 16.2 Å². The number of thioether (sulfide) groups is 1. The summed E-state index contributed by atoms with van der Waals surface area (Å²) in [4.78, 5) is 0.970. The van der Waals surface area contributed by atoms with Crippen molar-refractivity contribution in [2.75, 3.05) is 5.73 Å². The van der Waals surface area contributed by atoms with Gasteiger partial charge in [-0.05, 0) is 17.7 Å². The maximum atomic E-state index is 10.1. The fraction of sp³-hybridized carbons (Fsp3) is 0.125. The maximum Gasteiger partial charge on any atom is 0.0881 e. The molecule has 2 aromatic carbocycles. The van der Waals surface area contributed by atoms with Crippen LogP contribution in [0.2, 0.25) is 0 Å². The second-order valence-corrected chi connectivity index (χ2v) is 5.40. The summed E-state index contributed by atoms with van der Waals surface area (Å²) >= 11 is 1.55. The Morgan fingerprint density at radius 1 is 1.05 bits per heavy atom. The number of aliphatic hydroxyl groups excluding tert-OH is 1. The van der Waals surface area contributed by atoms with Crippen LogP contribution in [0.25, 0.3) is 0 Å². The average molecular weight is 271 g/mol. The van der Waals surface area contributed by atoms with Crippen LogP contribution in [-0.2, 0) is 0 Å². The Kier molecular flexibility index (Phi) is 4.66. The Morgan fingerprint density at radius 3 is 2.32 bits per heavy atom. The van der Waals surface area contributed by atoms with Crippen molar-refractivity contribution >= 4 is 17.4 Å². The third-order valence-corrected chi connectivity index (χ3v) is 4.28. The van der Waals surface area contributed by atoms with Gasteiger partial charge in [0.2, 0.25) is 0 Å². The first-order valence-corrected chi connectivity index (χ1v) is 6.97. The van der Waals surface area contributed by atoms with Crippen molar-refractivity contribution in [1.82, 2.24) is 0 Å². The average Bonchev–Trinajstić information content (AvgIpc) is 2.46. The molecule has 2 unspecified atom stereocenters. The third kappa shape index (κ3) is 3.40. The Morgan fingerprint density at radius 2 is 1.68 bits per heavy atom. The Labute approximate surface area is 118 Å². The number of nitrogen functional groups attached to an aromatic ring is 1. The summed E-state index contributed by atoms with van der Waals surface area (Å²) in [5.74, 6) is 0. The lowest BCUT2D eigenvalue weighted by atomic mass is 10.1. The first-order valence-electron chi connectivity index (χ1n) is 6.09. The van der Waals surface area contributed by atoms with Crippen LogP contribution in [0.4, 0.5) is 5.69 Å². The highest BCUT2D eigenvalue weighted by Gasteiger charge is 2.20. The lowest BCUT2D eigenvalue weighted by Gasteiger charge is -2.21. The van der Waals surface area contributed by atoms with E-state index in [4.69, 9.17) is 5.73 Å². The second kappa shape index (κ2) is 6.45.